The summed E-state index contributed by atoms with van der Waals surface area (Å²) in [7, 11) is 2.10. The van der Waals surface area contributed by atoms with E-state index in [-0.39, 0.29) is 11.7 Å². The molecule has 1 unspecified atom stereocenters. The molecule has 1 aromatic heterocycles. The Balaban J connectivity index is 1.53. The number of amides is 1. The van der Waals surface area contributed by atoms with Crippen LogP contribution in [-0.2, 0) is 0 Å². The Labute approximate surface area is 106 Å². The molecule has 1 saturated heterocycles. The van der Waals surface area contributed by atoms with E-state index in [1.165, 1.54) is 6.42 Å². The van der Waals surface area contributed by atoms with Crippen molar-refractivity contribution in [3.05, 3.63) is 11.6 Å². The molecule has 1 amide bonds. The molecule has 2 fully saturated rings. The quantitative estimate of drug-likeness (QED) is 0.815. The van der Waals surface area contributed by atoms with Gasteiger partial charge in [0.15, 0.2) is 0 Å². The molecular weight excluding hydrogens is 230 g/mol. The number of nitrogens with zero attached hydrogens (tertiary/aromatic N) is 3. The summed E-state index contributed by atoms with van der Waals surface area (Å²) in [6, 6.07) is 0.454. The lowest BCUT2D eigenvalue weighted by atomic mass is 10.2. The number of likely N-dealkylation sites (tertiary alicyclic amines) is 1. The van der Waals surface area contributed by atoms with Crippen LogP contribution in [0.4, 0.5) is 0 Å². The Morgan fingerprint density at radius 2 is 2.33 bits per heavy atom. The van der Waals surface area contributed by atoms with Gasteiger partial charge in [0.05, 0.1) is 0 Å². The van der Waals surface area contributed by atoms with Crippen LogP contribution in [-0.4, -0.2) is 52.2 Å². The van der Waals surface area contributed by atoms with Gasteiger partial charge in [0.2, 0.25) is 5.82 Å². The molecule has 1 aliphatic carbocycles. The molecule has 0 aromatic carbocycles. The van der Waals surface area contributed by atoms with Gasteiger partial charge < -0.3 is 10.2 Å². The predicted octanol–water partition coefficient (Wildman–Crippen LogP) is 0.506. The van der Waals surface area contributed by atoms with Gasteiger partial charge in [-0.05, 0) is 39.3 Å². The van der Waals surface area contributed by atoms with Crippen molar-refractivity contribution in [3.63, 3.8) is 0 Å². The van der Waals surface area contributed by atoms with Crippen LogP contribution in [0.15, 0.2) is 0 Å². The number of aromatic nitrogens is 3. The number of nitrogens with one attached hydrogen (secondary N) is 2. The van der Waals surface area contributed by atoms with Crippen LogP contribution in [0.1, 0.15) is 48.0 Å². The van der Waals surface area contributed by atoms with E-state index in [2.05, 4.69) is 32.4 Å². The lowest BCUT2D eigenvalue weighted by Gasteiger charge is -2.19. The minimum atomic E-state index is -0.168. The molecule has 1 aromatic rings. The van der Waals surface area contributed by atoms with Gasteiger partial charge in [0, 0.05) is 18.5 Å². The fourth-order valence-corrected chi connectivity index (χ4v) is 2.44. The van der Waals surface area contributed by atoms with Gasteiger partial charge in [-0.25, -0.2) is 4.98 Å². The van der Waals surface area contributed by atoms with E-state index >= 15 is 0 Å². The first-order chi connectivity index (χ1) is 8.74. The highest BCUT2D eigenvalue weighted by molar-refractivity contribution is 5.90. The molecule has 1 atom stereocenters. The van der Waals surface area contributed by atoms with Crippen molar-refractivity contribution >= 4 is 5.91 Å². The van der Waals surface area contributed by atoms with E-state index in [9.17, 15) is 4.79 Å². The number of hydrogen-bond acceptors (Lipinski definition) is 4. The third kappa shape index (κ3) is 2.38. The smallest absolute Gasteiger partial charge is 0.291 e. The molecular formula is C12H19N5O. The Bertz CT molecular complexity index is 439. The van der Waals surface area contributed by atoms with Crippen LogP contribution in [0.25, 0.3) is 0 Å². The standard InChI is InChI=1S/C12H19N5O/c1-17-6-2-3-9(17)7-13-12(18)11-14-10(15-16-11)8-4-5-8/h8-9H,2-7H2,1H3,(H,13,18)(H,14,15,16). The number of likely N-dealkylation sites (N-methyl/N-ethyl adjacent to an activating group) is 1. The van der Waals surface area contributed by atoms with E-state index in [1.54, 1.807) is 0 Å². The van der Waals surface area contributed by atoms with Crippen molar-refractivity contribution in [1.82, 2.24) is 25.4 Å². The molecule has 0 spiro atoms. The summed E-state index contributed by atoms with van der Waals surface area (Å²) in [6.07, 6.45) is 4.67. The highest BCUT2D eigenvalue weighted by atomic mass is 16.2. The van der Waals surface area contributed by atoms with Crippen molar-refractivity contribution in [2.45, 2.75) is 37.6 Å². The zero-order chi connectivity index (χ0) is 12.5. The maximum atomic E-state index is 11.9. The lowest BCUT2D eigenvalue weighted by Crippen LogP contribution is -2.38. The minimum Gasteiger partial charge on any atom is -0.348 e. The van der Waals surface area contributed by atoms with Crippen molar-refractivity contribution in [1.29, 1.82) is 0 Å². The number of hydrogen-bond donors (Lipinski definition) is 2. The molecule has 2 heterocycles. The van der Waals surface area contributed by atoms with E-state index < -0.39 is 0 Å². The first kappa shape index (κ1) is 11.6. The highest BCUT2D eigenvalue weighted by Gasteiger charge is 2.28. The first-order valence-corrected chi connectivity index (χ1v) is 6.65. The number of carbonyl (C=O) groups excluding carboxylic acids is 1. The molecule has 1 aliphatic heterocycles. The van der Waals surface area contributed by atoms with Gasteiger partial charge in [-0.1, -0.05) is 0 Å². The zero-order valence-electron chi connectivity index (χ0n) is 10.6. The minimum absolute atomic E-state index is 0.168. The molecule has 0 radical (unpaired) electrons. The average molecular weight is 249 g/mol. The van der Waals surface area contributed by atoms with Gasteiger partial charge in [0.1, 0.15) is 5.82 Å². The summed E-state index contributed by atoms with van der Waals surface area (Å²) in [5, 5.41) is 9.75. The normalized spacial score (nSPS) is 24.4. The van der Waals surface area contributed by atoms with E-state index in [0.29, 0.717) is 18.5 Å². The molecule has 18 heavy (non-hydrogen) atoms. The van der Waals surface area contributed by atoms with Gasteiger partial charge in [0.25, 0.3) is 5.91 Å². The Kier molecular flexibility index (Phi) is 3.03. The summed E-state index contributed by atoms with van der Waals surface area (Å²) in [5.74, 6) is 1.47. The lowest BCUT2D eigenvalue weighted by molar-refractivity contribution is 0.0933. The Hall–Kier alpha value is -1.43. The largest absolute Gasteiger partial charge is 0.348 e. The predicted molar refractivity (Wildman–Crippen MR) is 66.3 cm³/mol. The Morgan fingerprint density at radius 1 is 1.50 bits per heavy atom. The fourth-order valence-electron chi connectivity index (χ4n) is 2.44. The number of H-pyrrole nitrogens is 1. The second-order valence-electron chi connectivity index (χ2n) is 5.31. The van der Waals surface area contributed by atoms with Gasteiger partial charge >= 0.3 is 0 Å². The molecule has 2 aliphatic rings. The van der Waals surface area contributed by atoms with Crippen molar-refractivity contribution in [3.8, 4) is 0 Å². The molecule has 3 rings (SSSR count). The Morgan fingerprint density at radius 3 is 3.00 bits per heavy atom. The van der Waals surface area contributed by atoms with Crippen LogP contribution in [0.2, 0.25) is 0 Å². The fraction of sp³-hybridized carbons (Fsp3) is 0.750. The van der Waals surface area contributed by atoms with Crippen LogP contribution in [0.5, 0.6) is 0 Å². The first-order valence-electron chi connectivity index (χ1n) is 6.65. The molecule has 98 valence electrons. The van der Waals surface area contributed by atoms with Crippen molar-refractivity contribution < 1.29 is 4.79 Å². The maximum absolute atomic E-state index is 11.9. The number of carbonyl (C=O) groups is 1. The summed E-state index contributed by atoms with van der Waals surface area (Å²) in [5.41, 5.74) is 0. The molecule has 2 N–H and O–H groups in total. The van der Waals surface area contributed by atoms with Crippen LogP contribution < -0.4 is 5.32 Å². The van der Waals surface area contributed by atoms with E-state index in [1.807, 2.05) is 0 Å². The van der Waals surface area contributed by atoms with Gasteiger partial charge in [-0.15, -0.1) is 5.10 Å². The second-order valence-corrected chi connectivity index (χ2v) is 5.31. The van der Waals surface area contributed by atoms with Crippen LogP contribution in [0.3, 0.4) is 0 Å². The zero-order valence-corrected chi connectivity index (χ0v) is 10.6. The number of rotatable bonds is 4. The second kappa shape index (κ2) is 4.68. The third-order valence-electron chi connectivity index (χ3n) is 3.84. The summed E-state index contributed by atoms with van der Waals surface area (Å²) in [4.78, 5) is 18.4. The van der Waals surface area contributed by atoms with E-state index in [4.69, 9.17) is 0 Å². The molecule has 1 saturated carbocycles. The molecule has 6 nitrogen and oxygen atoms in total. The SMILES string of the molecule is CN1CCCC1CNC(=O)c1n[nH]c(C2CC2)n1. The summed E-state index contributed by atoms with van der Waals surface area (Å²) in [6.45, 7) is 1.80. The molecule has 6 heteroatoms. The highest BCUT2D eigenvalue weighted by Crippen LogP contribution is 2.37. The van der Waals surface area contributed by atoms with Crippen molar-refractivity contribution in [2.75, 3.05) is 20.1 Å². The third-order valence-corrected chi connectivity index (χ3v) is 3.84. The number of aromatic amines is 1. The molecule has 0 bridgehead atoms. The van der Waals surface area contributed by atoms with Crippen molar-refractivity contribution in [2.24, 2.45) is 0 Å². The topological polar surface area (TPSA) is 73.9 Å². The van der Waals surface area contributed by atoms with Gasteiger partial charge in [-0.2, -0.15) is 0 Å². The maximum Gasteiger partial charge on any atom is 0.291 e. The summed E-state index contributed by atoms with van der Waals surface area (Å²) < 4.78 is 0. The monoisotopic (exact) mass is 249 g/mol. The van der Waals surface area contributed by atoms with Crippen LogP contribution in [0, 0.1) is 0 Å². The van der Waals surface area contributed by atoms with Crippen LogP contribution >= 0.6 is 0 Å². The van der Waals surface area contributed by atoms with E-state index in [0.717, 1.165) is 31.6 Å². The van der Waals surface area contributed by atoms with Gasteiger partial charge in [-0.3, -0.25) is 9.89 Å². The summed E-state index contributed by atoms with van der Waals surface area (Å²) >= 11 is 0. The average Bonchev–Trinajstić information content (AvgIpc) is 2.95.